The molecule has 4 heterocycles. The van der Waals surface area contributed by atoms with Crippen molar-refractivity contribution < 1.29 is 23.7 Å². The van der Waals surface area contributed by atoms with Crippen molar-refractivity contribution >= 4 is 5.97 Å². The summed E-state index contributed by atoms with van der Waals surface area (Å²) in [7, 11) is 0. The monoisotopic (exact) mass is 468 g/mol. The fourth-order valence-electron chi connectivity index (χ4n) is 8.15. The Morgan fingerprint density at radius 1 is 1.09 bits per heavy atom. The van der Waals surface area contributed by atoms with Crippen LogP contribution in [0.2, 0.25) is 0 Å². The van der Waals surface area contributed by atoms with E-state index in [9.17, 15) is 4.79 Å². The van der Waals surface area contributed by atoms with Crippen LogP contribution in [0.25, 0.3) is 0 Å². The smallest absolute Gasteiger partial charge is 0.311 e. The van der Waals surface area contributed by atoms with Crippen molar-refractivity contribution in [1.29, 1.82) is 0 Å². The fourth-order valence-corrected chi connectivity index (χ4v) is 8.15. The third-order valence-electron chi connectivity index (χ3n) is 9.96. The van der Waals surface area contributed by atoms with Crippen LogP contribution in [0.1, 0.15) is 45.1 Å². The van der Waals surface area contributed by atoms with Crippen molar-refractivity contribution in [1.82, 2.24) is 9.80 Å². The van der Waals surface area contributed by atoms with Crippen molar-refractivity contribution in [3.63, 3.8) is 0 Å². The second kappa shape index (κ2) is 7.58. The summed E-state index contributed by atoms with van der Waals surface area (Å²) in [5, 5.41) is 0. The van der Waals surface area contributed by atoms with Crippen molar-refractivity contribution in [3.05, 3.63) is 23.8 Å². The van der Waals surface area contributed by atoms with Crippen LogP contribution in [0, 0.1) is 23.2 Å². The van der Waals surface area contributed by atoms with Crippen LogP contribution in [0.5, 0.6) is 11.5 Å². The lowest BCUT2D eigenvalue weighted by molar-refractivity contribution is -0.146. The van der Waals surface area contributed by atoms with Gasteiger partial charge in [-0.25, -0.2) is 0 Å². The van der Waals surface area contributed by atoms with Gasteiger partial charge in [0.25, 0.3) is 0 Å². The van der Waals surface area contributed by atoms with Crippen molar-refractivity contribution in [3.8, 4) is 11.5 Å². The van der Waals surface area contributed by atoms with Gasteiger partial charge in [-0.2, -0.15) is 0 Å². The zero-order chi connectivity index (χ0) is 23.1. The first kappa shape index (κ1) is 21.5. The number of ether oxygens (including phenoxy) is 4. The number of carbonyl (C=O) groups is 1. The van der Waals surface area contributed by atoms with Crippen LogP contribution in [-0.4, -0.2) is 73.1 Å². The first-order valence-electron chi connectivity index (χ1n) is 13.2. The van der Waals surface area contributed by atoms with Gasteiger partial charge in [0.05, 0.1) is 12.0 Å². The van der Waals surface area contributed by atoms with E-state index >= 15 is 0 Å². The molecule has 7 nitrogen and oxygen atoms in total. The Morgan fingerprint density at radius 3 is 2.74 bits per heavy atom. The average Bonchev–Trinajstić information content (AvgIpc) is 3.28. The standard InChI is InChI=1S/C27H36N2O5/c1-17-4-3-7-26(2)13-22-23(24-27(17,26)34-24)19(25(30)33-22)15-29-10-8-28(9-11-29)14-18-5-6-20-21(12-18)32-16-31-20/h5-6,12,17,19,22-24H,3-4,7-11,13-16H2,1-2H3. The summed E-state index contributed by atoms with van der Waals surface area (Å²) in [5.74, 6) is 2.46. The number of esters is 1. The first-order chi connectivity index (χ1) is 16.5. The lowest BCUT2D eigenvalue weighted by Gasteiger charge is -2.49. The molecule has 7 rings (SSSR count). The molecular weight excluding hydrogens is 432 g/mol. The molecule has 1 aromatic carbocycles. The van der Waals surface area contributed by atoms with Crippen molar-refractivity contribution in [2.24, 2.45) is 23.2 Å². The molecule has 2 saturated carbocycles. The second-order valence-corrected chi connectivity index (χ2v) is 11.8. The lowest BCUT2D eigenvalue weighted by Crippen LogP contribution is -2.55. The SMILES string of the molecule is CC1CCCC2(C)CC3OC(=O)C(CN4CCN(Cc5ccc6c(c5)OCO6)CC4)C3C3OC132. The number of benzene rings is 1. The van der Waals surface area contributed by atoms with Gasteiger partial charge >= 0.3 is 5.97 Å². The number of fused-ring (bicyclic) bond motifs is 3. The molecule has 1 aromatic rings. The Kier molecular flexibility index (Phi) is 4.78. The molecule has 7 heteroatoms. The molecule has 184 valence electrons. The van der Waals surface area contributed by atoms with Gasteiger partial charge in [0.15, 0.2) is 11.5 Å². The molecule has 7 unspecified atom stereocenters. The number of hydrogen-bond acceptors (Lipinski definition) is 7. The maximum atomic E-state index is 13.0. The summed E-state index contributed by atoms with van der Waals surface area (Å²) < 4.78 is 23.6. The molecule has 7 atom stereocenters. The van der Waals surface area contributed by atoms with Crippen LogP contribution in [0.15, 0.2) is 18.2 Å². The third-order valence-corrected chi connectivity index (χ3v) is 9.96. The molecule has 3 saturated heterocycles. The average molecular weight is 469 g/mol. The molecule has 0 aromatic heterocycles. The summed E-state index contributed by atoms with van der Waals surface area (Å²) in [4.78, 5) is 18.0. The quantitative estimate of drug-likeness (QED) is 0.497. The molecule has 4 aliphatic heterocycles. The molecule has 0 radical (unpaired) electrons. The van der Waals surface area contributed by atoms with E-state index in [0.717, 1.165) is 57.2 Å². The molecule has 1 spiro atoms. The van der Waals surface area contributed by atoms with Gasteiger partial charge in [0.2, 0.25) is 6.79 Å². The van der Waals surface area contributed by atoms with Crippen LogP contribution in [0.3, 0.4) is 0 Å². The maximum Gasteiger partial charge on any atom is 0.311 e. The van der Waals surface area contributed by atoms with Gasteiger partial charge in [0, 0.05) is 50.6 Å². The predicted molar refractivity (Wildman–Crippen MR) is 124 cm³/mol. The van der Waals surface area contributed by atoms with Crippen molar-refractivity contribution in [2.75, 3.05) is 39.5 Å². The number of hydrogen-bond donors (Lipinski definition) is 0. The van der Waals surface area contributed by atoms with Crippen LogP contribution >= 0.6 is 0 Å². The van der Waals surface area contributed by atoms with Gasteiger partial charge in [0.1, 0.15) is 11.7 Å². The van der Waals surface area contributed by atoms with E-state index in [4.69, 9.17) is 18.9 Å². The molecule has 34 heavy (non-hydrogen) atoms. The van der Waals surface area contributed by atoms with Gasteiger partial charge in [-0.15, -0.1) is 0 Å². The van der Waals surface area contributed by atoms with E-state index in [0.29, 0.717) is 12.7 Å². The third kappa shape index (κ3) is 3.09. The highest BCUT2D eigenvalue weighted by Gasteiger charge is 2.78. The minimum Gasteiger partial charge on any atom is -0.462 e. The summed E-state index contributed by atoms with van der Waals surface area (Å²) in [5.41, 5.74) is 1.40. The molecular formula is C27H36N2O5. The van der Waals surface area contributed by atoms with Gasteiger partial charge in [-0.05, 0) is 42.9 Å². The zero-order valence-electron chi connectivity index (χ0n) is 20.3. The summed E-state index contributed by atoms with van der Waals surface area (Å²) in [6.45, 7) is 10.8. The topological polar surface area (TPSA) is 63.8 Å². The van der Waals surface area contributed by atoms with E-state index in [1.807, 2.05) is 6.07 Å². The maximum absolute atomic E-state index is 13.0. The van der Waals surface area contributed by atoms with E-state index < -0.39 is 0 Å². The number of rotatable bonds is 4. The first-order valence-corrected chi connectivity index (χ1v) is 13.2. The highest BCUT2D eigenvalue weighted by molar-refractivity contribution is 5.76. The number of carbonyl (C=O) groups excluding carboxylic acids is 1. The van der Waals surface area contributed by atoms with E-state index in [1.54, 1.807) is 0 Å². The Balaban J connectivity index is 0.989. The highest BCUT2D eigenvalue weighted by atomic mass is 16.7. The minimum atomic E-state index is -0.0477. The summed E-state index contributed by atoms with van der Waals surface area (Å²) in [6.07, 6.45) is 4.93. The summed E-state index contributed by atoms with van der Waals surface area (Å²) >= 11 is 0. The van der Waals surface area contributed by atoms with Gasteiger partial charge in [-0.1, -0.05) is 26.3 Å². The zero-order valence-corrected chi connectivity index (χ0v) is 20.3. The van der Waals surface area contributed by atoms with Crippen LogP contribution in [0.4, 0.5) is 0 Å². The highest BCUT2D eigenvalue weighted by Crippen LogP contribution is 2.70. The predicted octanol–water partition coefficient (Wildman–Crippen LogP) is 3.06. The lowest BCUT2D eigenvalue weighted by atomic mass is 9.53. The fraction of sp³-hybridized carbons (Fsp3) is 0.741. The van der Waals surface area contributed by atoms with Gasteiger partial charge < -0.3 is 18.9 Å². The number of piperazine rings is 1. The molecule has 6 aliphatic rings. The molecule has 0 N–H and O–H groups in total. The molecule has 2 aliphatic carbocycles. The van der Waals surface area contributed by atoms with Crippen molar-refractivity contribution in [2.45, 2.75) is 63.9 Å². The van der Waals surface area contributed by atoms with E-state index in [1.165, 1.54) is 24.8 Å². The summed E-state index contributed by atoms with van der Waals surface area (Å²) in [6, 6.07) is 6.23. The Bertz CT molecular complexity index is 993. The molecule has 0 bridgehead atoms. The molecule has 0 amide bonds. The normalized spacial score (nSPS) is 43.1. The number of epoxide rings is 1. The minimum absolute atomic E-state index is 0.0119. The van der Waals surface area contributed by atoms with Crippen LogP contribution in [-0.2, 0) is 20.8 Å². The Labute approximate surface area is 201 Å². The van der Waals surface area contributed by atoms with Gasteiger partial charge in [-0.3, -0.25) is 14.6 Å². The number of nitrogens with zero attached hydrogens (tertiary/aromatic N) is 2. The second-order valence-electron chi connectivity index (χ2n) is 11.8. The Hall–Kier alpha value is -1.83. The van der Waals surface area contributed by atoms with E-state index in [-0.39, 0.29) is 41.0 Å². The largest absolute Gasteiger partial charge is 0.462 e. The Morgan fingerprint density at radius 2 is 1.88 bits per heavy atom. The molecule has 5 fully saturated rings. The van der Waals surface area contributed by atoms with Crippen LogP contribution < -0.4 is 9.47 Å². The van der Waals surface area contributed by atoms with E-state index in [2.05, 4.69) is 35.8 Å².